The highest BCUT2D eigenvalue weighted by molar-refractivity contribution is 7.18. The van der Waals surface area contributed by atoms with Crippen LogP contribution in [-0.2, 0) is 6.54 Å². The Kier molecular flexibility index (Phi) is 4.31. The van der Waals surface area contributed by atoms with Crippen molar-refractivity contribution >= 4 is 16.5 Å². The third-order valence-corrected chi connectivity index (χ3v) is 3.89. The van der Waals surface area contributed by atoms with E-state index in [2.05, 4.69) is 29.4 Å². The molecule has 2 rings (SSSR count). The number of hydrogen-bond acceptors (Lipinski definition) is 5. The first kappa shape index (κ1) is 13.7. The van der Waals surface area contributed by atoms with Crippen molar-refractivity contribution in [2.24, 2.45) is 0 Å². The predicted molar refractivity (Wildman–Crippen MR) is 78.7 cm³/mol. The summed E-state index contributed by atoms with van der Waals surface area (Å²) in [4.78, 5) is 12.2. The molecule has 0 aliphatic rings. The number of nitrogens with zero attached hydrogens (tertiary/aromatic N) is 3. The Morgan fingerprint density at radius 1 is 1.42 bits per heavy atom. The highest BCUT2D eigenvalue weighted by Gasteiger charge is 2.12. The molecule has 5 nitrogen and oxygen atoms in total. The molecule has 0 aromatic carbocycles. The van der Waals surface area contributed by atoms with Crippen molar-refractivity contribution in [3.63, 3.8) is 0 Å². The summed E-state index contributed by atoms with van der Waals surface area (Å²) in [6.07, 6.45) is 2.80. The molecular weight excluding hydrogens is 260 g/mol. The number of nitrogens with one attached hydrogen (secondary N) is 1. The van der Waals surface area contributed by atoms with E-state index in [1.165, 1.54) is 11.3 Å². The molecule has 0 aliphatic heterocycles. The average Bonchev–Trinajstić information content (AvgIpc) is 2.87. The number of rotatable bonds is 5. The molecule has 2 aromatic rings. The molecule has 0 spiro atoms. The lowest BCUT2D eigenvalue weighted by atomic mass is 10.3. The Hall–Kier alpha value is -1.69. The lowest BCUT2D eigenvalue weighted by molar-refractivity contribution is 0.728. The topological polar surface area (TPSA) is 59.8 Å². The fourth-order valence-electron chi connectivity index (χ4n) is 1.65. The maximum atomic E-state index is 12.2. The van der Waals surface area contributed by atoms with Crippen LogP contribution in [-0.4, -0.2) is 20.8 Å². The zero-order valence-corrected chi connectivity index (χ0v) is 12.2. The van der Waals surface area contributed by atoms with Crippen LogP contribution in [0.25, 0.3) is 10.6 Å². The quantitative estimate of drug-likeness (QED) is 0.913. The van der Waals surface area contributed by atoms with Gasteiger partial charge in [-0.3, -0.25) is 4.79 Å². The van der Waals surface area contributed by atoms with E-state index in [1.807, 2.05) is 13.0 Å². The molecule has 0 bridgehead atoms. The van der Waals surface area contributed by atoms with Crippen LogP contribution in [0.3, 0.4) is 0 Å². The minimum Gasteiger partial charge on any atom is -0.358 e. The maximum absolute atomic E-state index is 12.2. The van der Waals surface area contributed by atoms with Gasteiger partial charge in [-0.05, 0) is 32.4 Å². The van der Waals surface area contributed by atoms with E-state index in [-0.39, 0.29) is 5.56 Å². The van der Waals surface area contributed by atoms with E-state index < -0.39 is 0 Å². The van der Waals surface area contributed by atoms with Crippen molar-refractivity contribution in [1.29, 1.82) is 0 Å². The van der Waals surface area contributed by atoms with Gasteiger partial charge < -0.3 is 9.88 Å². The monoisotopic (exact) mass is 278 g/mol. The molecule has 2 heterocycles. The molecular formula is C13H18N4OS. The lowest BCUT2D eigenvalue weighted by Gasteiger charge is -2.07. The Morgan fingerprint density at radius 2 is 2.21 bits per heavy atom. The van der Waals surface area contributed by atoms with Crippen LogP contribution < -0.4 is 10.9 Å². The lowest BCUT2D eigenvalue weighted by Crippen LogP contribution is -2.19. The molecule has 6 heteroatoms. The van der Waals surface area contributed by atoms with Crippen LogP contribution >= 0.6 is 11.3 Å². The first-order valence-corrected chi connectivity index (χ1v) is 7.27. The molecule has 1 atom stereocenters. The Morgan fingerprint density at radius 3 is 2.89 bits per heavy atom. The summed E-state index contributed by atoms with van der Waals surface area (Å²) in [5.74, 6) is 0. The van der Waals surface area contributed by atoms with Crippen LogP contribution in [0, 0.1) is 0 Å². The van der Waals surface area contributed by atoms with E-state index in [1.54, 1.807) is 16.8 Å². The number of pyridine rings is 1. The van der Waals surface area contributed by atoms with Gasteiger partial charge in [0.05, 0.1) is 5.56 Å². The van der Waals surface area contributed by atoms with Gasteiger partial charge in [0.15, 0.2) is 5.01 Å². The van der Waals surface area contributed by atoms with Crippen molar-refractivity contribution in [2.45, 2.75) is 39.8 Å². The Balaban J connectivity index is 2.30. The minimum atomic E-state index is -0.0174. The molecule has 0 aliphatic carbocycles. The Bertz CT molecular complexity index is 605. The summed E-state index contributed by atoms with van der Waals surface area (Å²) < 4.78 is 1.67. The second-order valence-electron chi connectivity index (χ2n) is 4.38. The molecule has 0 amide bonds. The van der Waals surface area contributed by atoms with Gasteiger partial charge in [0.25, 0.3) is 5.56 Å². The van der Waals surface area contributed by atoms with Gasteiger partial charge in [-0.15, -0.1) is 10.2 Å². The van der Waals surface area contributed by atoms with Crippen LogP contribution in [0.4, 0.5) is 5.13 Å². The van der Waals surface area contributed by atoms with Gasteiger partial charge in [-0.1, -0.05) is 18.3 Å². The summed E-state index contributed by atoms with van der Waals surface area (Å²) >= 11 is 1.42. The molecule has 1 N–H and O–H groups in total. The van der Waals surface area contributed by atoms with Crippen molar-refractivity contribution < 1.29 is 0 Å². The highest BCUT2D eigenvalue weighted by Crippen LogP contribution is 2.24. The third kappa shape index (κ3) is 3.01. The van der Waals surface area contributed by atoms with E-state index >= 15 is 0 Å². The molecule has 0 radical (unpaired) electrons. The fourth-order valence-corrected chi connectivity index (χ4v) is 2.52. The van der Waals surface area contributed by atoms with Crippen LogP contribution in [0.15, 0.2) is 23.1 Å². The number of hydrogen-bond donors (Lipinski definition) is 1. The normalized spacial score (nSPS) is 12.4. The molecule has 1 unspecified atom stereocenters. The summed E-state index contributed by atoms with van der Waals surface area (Å²) in [7, 11) is 0. The van der Waals surface area contributed by atoms with Crippen molar-refractivity contribution in [3.8, 4) is 10.6 Å². The van der Waals surface area contributed by atoms with E-state index in [4.69, 9.17) is 0 Å². The van der Waals surface area contributed by atoms with Gasteiger partial charge in [-0.25, -0.2) is 0 Å². The van der Waals surface area contributed by atoms with Crippen molar-refractivity contribution in [3.05, 3.63) is 28.7 Å². The molecule has 0 fully saturated rings. The van der Waals surface area contributed by atoms with Crippen LogP contribution in [0.2, 0.25) is 0 Å². The predicted octanol–water partition coefficient (Wildman–Crippen LogP) is 2.60. The van der Waals surface area contributed by atoms with Crippen LogP contribution in [0.1, 0.15) is 27.2 Å². The zero-order valence-electron chi connectivity index (χ0n) is 11.4. The van der Waals surface area contributed by atoms with E-state index in [0.29, 0.717) is 23.2 Å². The molecule has 19 heavy (non-hydrogen) atoms. The van der Waals surface area contributed by atoms with E-state index in [9.17, 15) is 4.79 Å². The molecule has 2 aromatic heterocycles. The minimum absolute atomic E-state index is 0.0174. The molecule has 0 saturated heterocycles. The summed E-state index contributed by atoms with van der Waals surface area (Å²) in [5, 5.41) is 12.9. The third-order valence-electron chi connectivity index (χ3n) is 3.00. The summed E-state index contributed by atoms with van der Waals surface area (Å²) in [6.45, 7) is 6.80. The standard InChI is InChI=1S/C13H18N4OS/c1-4-9(3)14-13-16-15-11(19-13)10-7-6-8-17(5-2)12(10)18/h6-9H,4-5H2,1-3H3,(H,14,16). The molecule has 102 valence electrons. The number of aryl methyl sites for hydroxylation is 1. The summed E-state index contributed by atoms with van der Waals surface area (Å²) in [6, 6.07) is 4.01. The average molecular weight is 278 g/mol. The smallest absolute Gasteiger partial charge is 0.260 e. The largest absolute Gasteiger partial charge is 0.358 e. The van der Waals surface area contributed by atoms with Gasteiger partial charge in [-0.2, -0.15) is 0 Å². The van der Waals surface area contributed by atoms with Crippen molar-refractivity contribution in [1.82, 2.24) is 14.8 Å². The fraction of sp³-hybridized carbons (Fsp3) is 0.462. The number of anilines is 1. The maximum Gasteiger partial charge on any atom is 0.260 e. The SMILES string of the molecule is CCC(C)Nc1nnc(-c2cccn(CC)c2=O)s1. The van der Waals surface area contributed by atoms with E-state index in [0.717, 1.165) is 11.6 Å². The van der Waals surface area contributed by atoms with Crippen molar-refractivity contribution in [2.75, 3.05) is 5.32 Å². The second-order valence-corrected chi connectivity index (χ2v) is 5.36. The Labute approximate surface area is 116 Å². The van der Waals surface area contributed by atoms with Gasteiger partial charge in [0, 0.05) is 18.8 Å². The van der Waals surface area contributed by atoms with Gasteiger partial charge in [0.1, 0.15) is 0 Å². The first-order chi connectivity index (χ1) is 9.15. The highest BCUT2D eigenvalue weighted by atomic mass is 32.1. The second kappa shape index (κ2) is 5.97. The van der Waals surface area contributed by atoms with Gasteiger partial charge >= 0.3 is 0 Å². The number of aromatic nitrogens is 3. The van der Waals surface area contributed by atoms with Gasteiger partial charge in [0.2, 0.25) is 5.13 Å². The zero-order chi connectivity index (χ0) is 13.8. The molecule has 0 saturated carbocycles. The first-order valence-electron chi connectivity index (χ1n) is 6.45. The summed E-state index contributed by atoms with van der Waals surface area (Å²) in [5.41, 5.74) is 0.593. The van der Waals surface area contributed by atoms with Crippen LogP contribution in [0.5, 0.6) is 0 Å².